The Balaban J connectivity index is 1.50. The van der Waals surface area contributed by atoms with Crippen molar-refractivity contribution in [3.05, 3.63) is 68.9 Å². The maximum atomic E-state index is 12.8. The molecule has 2 aromatic heterocycles. The molecule has 1 amide bonds. The highest BCUT2D eigenvalue weighted by Crippen LogP contribution is 2.30. The number of aryl methyl sites for hydroxylation is 3. The number of hydrogen-bond donors (Lipinski definition) is 1. The van der Waals surface area contributed by atoms with Crippen molar-refractivity contribution in [1.82, 2.24) is 20.1 Å². The van der Waals surface area contributed by atoms with Crippen molar-refractivity contribution >= 4 is 17.2 Å². The van der Waals surface area contributed by atoms with E-state index in [4.69, 9.17) is 0 Å². The Kier molecular flexibility index (Phi) is 4.59. The summed E-state index contributed by atoms with van der Waals surface area (Å²) in [4.78, 5) is 18.2. The number of thiazole rings is 1. The molecular formula is C20H22N4OS. The van der Waals surface area contributed by atoms with Crippen LogP contribution in [0.4, 0.5) is 0 Å². The SMILES string of the molecule is Cc1nc(Cc2ccccc2)sc1C(=O)NC1CCCc2nn(C)cc21. The molecule has 4 rings (SSSR count). The predicted octanol–water partition coefficient (Wildman–Crippen LogP) is 3.58. The predicted molar refractivity (Wildman–Crippen MR) is 102 cm³/mol. The lowest BCUT2D eigenvalue weighted by Gasteiger charge is -2.22. The molecule has 1 unspecified atom stereocenters. The van der Waals surface area contributed by atoms with Crippen LogP contribution in [0, 0.1) is 6.92 Å². The van der Waals surface area contributed by atoms with Crippen molar-refractivity contribution in [2.75, 3.05) is 0 Å². The van der Waals surface area contributed by atoms with Crippen molar-refractivity contribution in [3.63, 3.8) is 0 Å². The summed E-state index contributed by atoms with van der Waals surface area (Å²) in [6.07, 6.45) is 5.79. The maximum absolute atomic E-state index is 12.8. The first-order valence-electron chi connectivity index (χ1n) is 8.93. The van der Waals surface area contributed by atoms with E-state index in [1.807, 2.05) is 43.0 Å². The molecule has 1 atom stereocenters. The molecule has 2 heterocycles. The van der Waals surface area contributed by atoms with Gasteiger partial charge in [-0.15, -0.1) is 11.3 Å². The molecule has 0 radical (unpaired) electrons. The lowest BCUT2D eigenvalue weighted by molar-refractivity contribution is 0.0936. The largest absolute Gasteiger partial charge is 0.344 e. The number of rotatable bonds is 4. The van der Waals surface area contributed by atoms with Gasteiger partial charge in [-0.25, -0.2) is 4.98 Å². The second kappa shape index (κ2) is 7.03. The van der Waals surface area contributed by atoms with E-state index in [-0.39, 0.29) is 11.9 Å². The van der Waals surface area contributed by atoms with E-state index in [0.717, 1.165) is 47.6 Å². The third-order valence-electron chi connectivity index (χ3n) is 4.77. The van der Waals surface area contributed by atoms with E-state index in [9.17, 15) is 4.79 Å². The minimum absolute atomic E-state index is 0.0268. The normalized spacial score (nSPS) is 16.3. The molecule has 0 bridgehead atoms. The second-order valence-electron chi connectivity index (χ2n) is 6.81. The highest BCUT2D eigenvalue weighted by molar-refractivity contribution is 7.13. The molecule has 6 heteroatoms. The van der Waals surface area contributed by atoms with Crippen molar-refractivity contribution in [1.29, 1.82) is 0 Å². The van der Waals surface area contributed by atoms with E-state index >= 15 is 0 Å². The molecule has 1 aromatic carbocycles. The first kappa shape index (κ1) is 17.0. The summed E-state index contributed by atoms with van der Waals surface area (Å²) in [5.74, 6) is -0.0268. The Hall–Kier alpha value is -2.47. The zero-order valence-electron chi connectivity index (χ0n) is 15.0. The summed E-state index contributed by atoms with van der Waals surface area (Å²) in [5.41, 5.74) is 4.27. The zero-order chi connectivity index (χ0) is 18.1. The fraction of sp³-hybridized carbons (Fsp3) is 0.350. The Bertz CT molecular complexity index is 929. The molecule has 0 fully saturated rings. The van der Waals surface area contributed by atoms with Gasteiger partial charge in [0.2, 0.25) is 0 Å². The highest BCUT2D eigenvalue weighted by atomic mass is 32.1. The van der Waals surface area contributed by atoms with Gasteiger partial charge in [-0.2, -0.15) is 5.10 Å². The number of nitrogens with one attached hydrogen (secondary N) is 1. The summed E-state index contributed by atoms with van der Waals surface area (Å²) < 4.78 is 1.84. The van der Waals surface area contributed by atoms with Crippen LogP contribution in [0.2, 0.25) is 0 Å². The molecule has 3 aromatic rings. The molecule has 134 valence electrons. The summed E-state index contributed by atoms with van der Waals surface area (Å²) >= 11 is 1.49. The molecule has 1 aliphatic carbocycles. The molecule has 0 aliphatic heterocycles. The van der Waals surface area contributed by atoms with Gasteiger partial charge in [-0.1, -0.05) is 30.3 Å². The molecule has 0 saturated carbocycles. The first-order valence-corrected chi connectivity index (χ1v) is 9.75. The van der Waals surface area contributed by atoms with Crippen LogP contribution in [0.5, 0.6) is 0 Å². The lowest BCUT2D eigenvalue weighted by Crippen LogP contribution is -2.30. The standard InChI is InChI=1S/C20H22N4OS/c1-13-19(26-18(21-13)11-14-7-4-3-5-8-14)20(25)22-16-9-6-10-17-15(16)12-24(2)23-17/h3-5,7-8,12,16H,6,9-11H2,1-2H3,(H,22,25). The van der Waals surface area contributed by atoms with Crippen LogP contribution in [0.3, 0.4) is 0 Å². The first-order chi connectivity index (χ1) is 12.6. The van der Waals surface area contributed by atoms with Crippen LogP contribution in [-0.2, 0) is 19.9 Å². The molecule has 1 aliphatic rings. The summed E-state index contributed by atoms with van der Waals surface area (Å²) in [5, 5.41) is 8.68. The van der Waals surface area contributed by atoms with Gasteiger partial charge in [0.1, 0.15) is 4.88 Å². The summed E-state index contributed by atoms with van der Waals surface area (Å²) in [6, 6.07) is 10.3. The van der Waals surface area contributed by atoms with Crippen molar-refractivity contribution in [2.45, 2.75) is 38.6 Å². The van der Waals surface area contributed by atoms with Crippen molar-refractivity contribution in [3.8, 4) is 0 Å². The summed E-state index contributed by atoms with van der Waals surface area (Å²) in [7, 11) is 1.93. The number of hydrogen-bond acceptors (Lipinski definition) is 4. The monoisotopic (exact) mass is 366 g/mol. The number of benzene rings is 1. The van der Waals surface area contributed by atoms with E-state index in [1.54, 1.807) is 0 Å². The Labute approximate surface area is 157 Å². The maximum Gasteiger partial charge on any atom is 0.263 e. The van der Waals surface area contributed by atoms with Gasteiger partial charge in [0.25, 0.3) is 5.91 Å². The Morgan fingerprint density at radius 3 is 2.96 bits per heavy atom. The molecule has 0 saturated heterocycles. The fourth-order valence-corrected chi connectivity index (χ4v) is 4.55. The van der Waals surface area contributed by atoms with E-state index < -0.39 is 0 Å². The van der Waals surface area contributed by atoms with Gasteiger partial charge in [-0.3, -0.25) is 9.48 Å². The van der Waals surface area contributed by atoms with Crippen molar-refractivity contribution < 1.29 is 4.79 Å². The second-order valence-corrected chi connectivity index (χ2v) is 7.89. The minimum Gasteiger partial charge on any atom is -0.344 e. The number of amides is 1. The summed E-state index contributed by atoms with van der Waals surface area (Å²) in [6.45, 7) is 1.91. The van der Waals surface area contributed by atoms with Crippen molar-refractivity contribution in [2.24, 2.45) is 7.05 Å². The number of aromatic nitrogens is 3. The highest BCUT2D eigenvalue weighted by Gasteiger charge is 2.26. The number of nitrogens with zero attached hydrogens (tertiary/aromatic N) is 3. The van der Waals surface area contributed by atoms with Gasteiger partial charge in [0, 0.05) is 25.2 Å². The van der Waals surface area contributed by atoms with E-state index in [1.165, 1.54) is 16.9 Å². The molecule has 1 N–H and O–H groups in total. The third kappa shape index (κ3) is 3.42. The minimum atomic E-state index is -0.0268. The molecular weight excluding hydrogens is 344 g/mol. The third-order valence-corrected chi connectivity index (χ3v) is 5.93. The fourth-order valence-electron chi connectivity index (χ4n) is 3.55. The average molecular weight is 366 g/mol. The van der Waals surface area contributed by atoms with Gasteiger partial charge in [0.05, 0.1) is 22.4 Å². The Morgan fingerprint density at radius 1 is 1.35 bits per heavy atom. The lowest BCUT2D eigenvalue weighted by atomic mass is 9.93. The van der Waals surface area contributed by atoms with Crippen LogP contribution in [0.1, 0.15) is 56.1 Å². The molecule has 5 nitrogen and oxygen atoms in total. The average Bonchev–Trinajstić information content (AvgIpc) is 3.18. The van der Waals surface area contributed by atoms with Crippen LogP contribution < -0.4 is 5.32 Å². The number of carbonyl (C=O) groups is 1. The van der Waals surface area contributed by atoms with Crippen LogP contribution in [0.15, 0.2) is 36.5 Å². The van der Waals surface area contributed by atoms with Crippen LogP contribution >= 0.6 is 11.3 Å². The Morgan fingerprint density at radius 2 is 2.15 bits per heavy atom. The van der Waals surface area contributed by atoms with Gasteiger partial charge in [-0.05, 0) is 31.7 Å². The number of carbonyl (C=O) groups excluding carboxylic acids is 1. The molecule has 26 heavy (non-hydrogen) atoms. The zero-order valence-corrected chi connectivity index (χ0v) is 15.8. The quantitative estimate of drug-likeness (QED) is 0.768. The van der Waals surface area contributed by atoms with Gasteiger partial charge >= 0.3 is 0 Å². The van der Waals surface area contributed by atoms with Crippen LogP contribution in [-0.4, -0.2) is 20.7 Å². The topological polar surface area (TPSA) is 59.8 Å². The van der Waals surface area contributed by atoms with Gasteiger partial charge < -0.3 is 5.32 Å². The van der Waals surface area contributed by atoms with E-state index in [2.05, 4.69) is 27.5 Å². The van der Waals surface area contributed by atoms with Crippen LogP contribution in [0.25, 0.3) is 0 Å². The molecule has 0 spiro atoms. The van der Waals surface area contributed by atoms with Gasteiger partial charge in [0.15, 0.2) is 0 Å². The van der Waals surface area contributed by atoms with E-state index in [0.29, 0.717) is 4.88 Å². The smallest absolute Gasteiger partial charge is 0.263 e. The number of fused-ring (bicyclic) bond motifs is 1.